The van der Waals surface area contributed by atoms with Crippen molar-refractivity contribution in [1.29, 1.82) is 0 Å². The maximum atomic E-state index is 3.62. The molecule has 0 radical (unpaired) electrons. The number of anilines is 1. The Labute approximate surface area is 117 Å². The van der Waals surface area contributed by atoms with E-state index in [1.807, 2.05) is 6.07 Å². The van der Waals surface area contributed by atoms with Crippen molar-refractivity contribution in [2.24, 2.45) is 0 Å². The van der Waals surface area contributed by atoms with E-state index in [1.165, 1.54) is 21.3 Å². The van der Waals surface area contributed by atoms with Crippen LogP contribution in [0.3, 0.4) is 0 Å². The molecule has 0 spiro atoms. The van der Waals surface area contributed by atoms with Gasteiger partial charge in [0.15, 0.2) is 0 Å². The molecule has 0 aliphatic carbocycles. The zero-order valence-electron chi connectivity index (χ0n) is 9.08. The number of hydrogen-bond donors (Lipinski definition) is 1. The Bertz CT molecular complexity index is 566. The van der Waals surface area contributed by atoms with Gasteiger partial charge >= 0.3 is 0 Å². The first kappa shape index (κ1) is 11.3. The predicted octanol–water partition coefficient (Wildman–Crippen LogP) is 4.92. The van der Waals surface area contributed by atoms with Crippen LogP contribution in [-0.2, 0) is 6.42 Å². The van der Waals surface area contributed by atoms with Crippen LogP contribution in [0.2, 0.25) is 0 Å². The average Bonchev–Trinajstić information content (AvgIpc) is 2.72. The van der Waals surface area contributed by atoms with Crippen molar-refractivity contribution >= 4 is 37.5 Å². The van der Waals surface area contributed by atoms with Gasteiger partial charge in [-0.05, 0) is 41.8 Å². The second-order valence-electron chi connectivity index (χ2n) is 4.22. The summed E-state index contributed by atoms with van der Waals surface area (Å²) in [6.07, 6.45) is 1.04. The number of fused-ring (bicyclic) bond motifs is 1. The molecule has 0 saturated carbocycles. The maximum Gasteiger partial charge on any atom is 0.0566 e. The van der Waals surface area contributed by atoms with Gasteiger partial charge in [-0.15, -0.1) is 0 Å². The lowest BCUT2D eigenvalue weighted by Crippen LogP contribution is -2.06. The van der Waals surface area contributed by atoms with Crippen molar-refractivity contribution in [3.63, 3.8) is 0 Å². The molecule has 0 bridgehead atoms. The summed E-state index contributed by atoms with van der Waals surface area (Å²) >= 11 is 7.13. The lowest BCUT2D eigenvalue weighted by atomic mass is 10.0. The first-order valence-corrected chi connectivity index (χ1v) is 7.12. The van der Waals surface area contributed by atoms with Gasteiger partial charge in [0, 0.05) is 14.6 Å². The van der Waals surface area contributed by atoms with Gasteiger partial charge in [-0.1, -0.05) is 50.1 Å². The minimum Gasteiger partial charge on any atom is -0.378 e. The molecule has 0 saturated heterocycles. The molecule has 1 aliphatic rings. The summed E-state index contributed by atoms with van der Waals surface area (Å²) in [5, 5.41) is 3.57. The third kappa shape index (κ3) is 2.14. The zero-order chi connectivity index (χ0) is 11.8. The van der Waals surface area contributed by atoms with E-state index in [0.717, 1.165) is 10.9 Å². The number of benzene rings is 2. The number of hydrogen-bond acceptors (Lipinski definition) is 1. The first-order valence-electron chi connectivity index (χ1n) is 5.53. The SMILES string of the molecule is Brc1ccc2c(c1)CC(c1ccccc1Br)N2. The van der Waals surface area contributed by atoms with Crippen molar-refractivity contribution in [2.45, 2.75) is 12.5 Å². The Morgan fingerprint density at radius 2 is 1.88 bits per heavy atom. The van der Waals surface area contributed by atoms with Gasteiger partial charge < -0.3 is 5.32 Å². The topological polar surface area (TPSA) is 12.0 Å². The molecule has 2 aromatic carbocycles. The Hall–Kier alpha value is -0.800. The third-order valence-electron chi connectivity index (χ3n) is 3.10. The summed E-state index contributed by atoms with van der Waals surface area (Å²) in [5.41, 5.74) is 3.94. The molecule has 0 amide bonds. The van der Waals surface area contributed by atoms with Crippen molar-refractivity contribution in [1.82, 2.24) is 0 Å². The van der Waals surface area contributed by atoms with Crippen LogP contribution in [0.1, 0.15) is 17.2 Å². The monoisotopic (exact) mass is 351 g/mol. The van der Waals surface area contributed by atoms with Crippen LogP contribution >= 0.6 is 31.9 Å². The van der Waals surface area contributed by atoms with E-state index in [0.29, 0.717) is 6.04 Å². The van der Waals surface area contributed by atoms with Gasteiger partial charge in [0.25, 0.3) is 0 Å². The zero-order valence-corrected chi connectivity index (χ0v) is 12.3. The molecule has 0 aromatic heterocycles. The largest absolute Gasteiger partial charge is 0.378 e. The molecule has 1 heterocycles. The molecule has 17 heavy (non-hydrogen) atoms. The van der Waals surface area contributed by atoms with Gasteiger partial charge in [-0.3, -0.25) is 0 Å². The highest BCUT2D eigenvalue weighted by atomic mass is 79.9. The highest BCUT2D eigenvalue weighted by Gasteiger charge is 2.23. The van der Waals surface area contributed by atoms with Crippen LogP contribution in [0.15, 0.2) is 51.4 Å². The van der Waals surface area contributed by atoms with Crippen LogP contribution < -0.4 is 5.32 Å². The summed E-state index contributed by atoms with van der Waals surface area (Å²) in [6, 6.07) is 15.2. The highest BCUT2D eigenvalue weighted by Crippen LogP contribution is 2.37. The van der Waals surface area contributed by atoms with E-state index >= 15 is 0 Å². The molecule has 1 aliphatic heterocycles. The lowest BCUT2D eigenvalue weighted by Gasteiger charge is -2.13. The molecular formula is C14H11Br2N. The third-order valence-corrected chi connectivity index (χ3v) is 4.32. The van der Waals surface area contributed by atoms with Crippen molar-refractivity contribution in [3.05, 3.63) is 62.5 Å². The van der Waals surface area contributed by atoms with Gasteiger partial charge in [0.2, 0.25) is 0 Å². The van der Waals surface area contributed by atoms with Crippen LogP contribution in [0, 0.1) is 0 Å². The minimum absolute atomic E-state index is 0.370. The van der Waals surface area contributed by atoms with Gasteiger partial charge in [0.05, 0.1) is 6.04 Å². The van der Waals surface area contributed by atoms with E-state index in [2.05, 4.69) is 73.6 Å². The molecule has 86 valence electrons. The van der Waals surface area contributed by atoms with Gasteiger partial charge in [-0.25, -0.2) is 0 Å². The predicted molar refractivity (Wildman–Crippen MR) is 78.4 cm³/mol. The number of halogens is 2. The Morgan fingerprint density at radius 1 is 1.06 bits per heavy atom. The standard InChI is InChI=1S/C14H11Br2N/c15-10-5-6-13-9(7-10)8-14(17-13)11-3-1-2-4-12(11)16/h1-7,14,17H,8H2. The van der Waals surface area contributed by atoms with E-state index < -0.39 is 0 Å². The van der Waals surface area contributed by atoms with E-state index in [1.54, 1.807) is 0 Å². The molecular weight excluding hydrogens is 342 g/mol. The summed E-state index contributed by atoms with van der Waals surface area (Å²) in [4.78, 5) is 0. The van der Waals surface area contributed by atoms with Gasteiger partial charge in [0.1, 0.15) is 0 Å². The highest BCUT2D eigenvalue weighted by molar-refractivity contribution is 9.10. The Balaban J connectivity index is 1.94. The minimum atomic E-state index is 0.370. The fourth-order valence-corrected chi connectivity index (χ4v) is 3.25. The van der Waals surface area contributed by atoms with Crippen molar-refractivity contribution in [2.75, 3.05) is 5.32 Å². The van der Waals surface area contributed by atoms with E-state index in [-0.39, 0.29) is 0 Å². The summed E-state index contributed by atoms with van der Waals surface area (Å²) in [5.74, 6) is 0. The van der Waals surface area contributed by atoms with Crippen LogP contribution in [0.25, 0.3) is 0 Å². The molecule has 2 aromatic rings. The molecule has 3 rings (SSSR count). The van der Waals surface area contributed by atoms with Crippen LogP contribution in [0.4, 0.5) is 5.69 Å². The average molecular weight is 353 g/mol. The van der Waals surface area contributed by atoms with Crippen LogP contribution in [-0.4, -0.2) is 0 Å². The molecule has 1 atom stereocenters. The maximum absolute atomic E-state index is 3.62. The molecule has 1 unspecified atom stereocenters. The normalized spacial score (nSPS) is 17.6. The molecule has 3 heteroatoms. The first-order chi connectivity index (χ1) is 8.24. The molecule has 1 N–H and O–H groups in total. The summed E-state index contributed by atoms with van der Waals surface area (Å²) < 4.78 is 2.31. The second kappa shape index (κ2) is 4.46. The van der Waals surface area contributed by atoms with Crippen molar-refractivity contribution in [3.8, 4) is 0 Å². The van der Waals surface area contributed by atoms with E-state index in [9.17, 15) is 0 Å². The number of nitrogens with one attached hydrogen (secondary N) is 1. The lowest BCUT2D eigenvalue weighted by molar-refractivity contribution is 0.819. The van der Waals surface area contributed by atoms with E-state index in [4.69, 9.17) is 0 Å². The van der Waals surface area contributed by atoms with Crippen LogP contribution in [0.5, 0.6) is 0 Å². The second-order valence-corrected chi connectivity index (χ2v) is 5.99. The fraction of sp³-hybridized carbons (Fsp3) is 0.143. The van der Waals surface area contributed by atoms with Gasteiger partial charge in [-0.2, -0.15) is 0 Å². The Morgan fingerprint density at radius 3 is 2.71 bits per heavy atom. The van der Waals surface area contributed by atoms with Crippen molar-refractivity contribution < 1.29 is 0 Å². The number of rotatable bonds is 1. The quantitative estimate of drug-likeness (QED) is 0.767. The summed E-state index contributed by atoms with van der Waals surface area (Å²) in [6.45, 7) is 0. The smallest absolute Gasteiger partial charge is 0.0566 e. The molecule has 1 nitrogen and oxygen atoms in total. The fourth-order valence-electron chi connectivity index (χ4n) is 2.28. The summed E-state index contributed by atoms with van der Waals surface area (Å²) in [7, 11) is 0. The Kier molecular flexibility index (Phi) is 2.97. The molecule has 0 fully saturated rings.